The molecule has 0 aromatic heterocycles. The number of rotatable bonds is 23. The van der Waals surface area contributed by atoms with E-state index in [0.29, 0.717) is 77.1 Å². The summed E-state index contributed by atoms with van der Waals surface area (Å²) in [5.41, 5.74) is 0. The summed E-state index contributed by atoms with van der Waals surface area (Å²) in [7, 11) is 3.50. The minimum atomic E-state index is -4.03. The smallest absolute Gasteiger partial charge is 0.382 e. The second-order valence-electron chi connectivity index (χ2n) is 7.20. The Bertz CT molecular complexity index is 422. The quantitative estimate of drug-likeness (QED) is 0.131. The normalized spacial score (nSPS) is 14.2. The molecule has 0 radical (unpaired) electrons. The molecule has 30 heavy (non-hydrogen) atoms. The van der Waals surface area contributed by atoms with Crippen molar-refractivity contribution in [3.8, 4) is 0 Å². The monoisotopic (exact) mass is 462 g/mol. The third-order valence-electron chi connectivity index (χ3n) is 3.42. The molecule has 0 aromatic rings. The minimum Gasteiger partial charge on any atom is -0.382 e. The molecule has 0 aliphatic carbocycles. The average Bonchev–Trinajstić information content (AvgIpc) is 2.65. The molecule has 0 amide bonds. The fourth-order valence-corrected chi connectivity index (χ4v) is 2.50. The van der Waals surface area contributed by atoms with Crippen LogP contribution >= 0.6 is 7.82 Å². The molecule has 182 valence electrons. The van der Waals surface area contributed by atoms with E-state index in [1.165, 1.54) is 0 Å². The molecular weight excluding hydrogens is 421 g/mol. The van der Waals surface area contributed by atoms with E-state index in [9.17, 15) is 9.46 Å². The fraction of sp³-hybridized carbons (Fsp3) is 1.00. The SMILES string of the molecule is COCCOCCOCCOCCOCCOCCOP(=O)(O)OCC[N+](C)(C)C. The van der Waals surface area contributed by atoms with Crippen LogP contribution in [0.1, 0.15) is 0 Å². The summed E-state index contributed by atoms with van der Waals surface area (Å²) in [6.45, 7) is 5.77. The predicted octanol–water partition coefficient (Wildman–Crippen LogP) is 0.556. The summed E-state index contributed by atoms with van der Waals surface area (Å²) in [6.07, 6.45) is 0. The van der Waals surface area contributed by atoms with Crippen molar-refractivity contribution in [2.75, 3.05) is 121 Å². The number of nitrogens with zero attached hydrogens (tertiary/aromatic N) is 1. The van der Waals surface area contributed by atoms with Gasteiger partial charge in [0.2, 0.25) is 0 Å². The summed E-state index contributed by atoms with van der Waals surface area (Å²) in [5, 5.41) is 0. The van der Waals surface area contributed by atoms with E-state index in [1.807, 2.05) is 21.1 Å². The highest BCUT2D eigenvalue weighted by Crippen LogP contribution is 2.42. The van der Waals surface area contributed by atoms with Crippen molar-refractivity contribution < 1.29 is 51.4 Å². The first-order valence-corrected chi connectivity index (χ1v) is 11.6. The zero-order chi connectivity index (χ0) is 22.6. The lowest BCUT2D eigenvalue weighted by Crippen LogP contribution is -2.37. The van der Waals surface area contributed by atoms with Crippen molar-refractivity contribution in [1.82, 2.24) is 0 Å². The van der Waals surface area contributed by atoms with Gasteiger partial charge in [-0.05, 0) is 0 Å². The Morgan fingerprint density at radius 2 is 0.933 bits per heavy atom. The summed E-state index contributed by atoms with van der Waals surface area (Å²) in [5.74, 6) is 0. The summed E-state index contributed by atoms with van der Waals surface area (Å²) >= 11 is 0. The Hall–Kier alpha value is -0.170. The van der Waals surface area contributed by atoms with Gasteiger partial charge in [0.05, 0.1) is 100 Å². The lowest BCUT2D eigenvalue weighted by molar-refractivity contribution is -0.870. The van der Waals surface area contributed by atoms with Crippen LogP contribution in [0.5, 0.6) is 0 Å². The number of hydrogen-bond acceptors (Lipinski definition) is 9. The number of phosphoric acid groups is 1. The van der Waals surface area contributed by atoms with Crippen LogP contribution in [-0.4, -0.2) is 130 Å². The lowest BCUT2D eigenvalue weighted by Gasteiger charge is -2.24. The number of quaternary nitrogens is 1. The Labute approximate surface area is 180 Å². The van der Waals surface area contributed by atoms with Gasteiger partial charge in [0.15, 0.2) is 0 Å². The van der Waals surface area contributed by atoms with Crippen LogP contribution < -0.4 is 0 Å². The second-order valence-corrected chi connectivity index (χ2v) is 8.66. The Kier molecular flexibility index (Phi) is 19.4. The lowest BCUT2D eigenvalue weighted by atomic mass is 10.5. The van der Waals surface area contributed by atoms with Crippen molar-refractivity contribution in [3.05, 3.63) is 0 Å². The van der Waals surface area contributed by atoms with E-state index in [1.54, 1.807) is 7.11 Å². The Morgan fingerprint density at radius 1 is 0.600 bits per heavy atom. The largest absolute Gasteiger partial charge is 0.472 e. The standard InChI is InChI=1S/C18H40NO10P/c1-19(2,3)5-6-28-30(20,21)29-18-17-27-16-15-26-14-13-25-12-11-24-10-9-23-8-7-22-4/h5-18H2,1-4H3/p+1. The molecule has 0 saturated carbocycles. The average molecular weight is 462 g/mol. The molecule has 1 N–H and O–H groups in total. The molecule has 0 spiro atoms. The van der Waals surface area contributed by atoms with Gasteiger partial charge in [0.25, 0.3) is 0 Å². The van der Waals surface area contributed by atoms with Gasteiger partial charge in [-0.3, -0.25) is 9.05 Å². The van der Waals surface area contributed by atoms with Crippen molar-refractivity contribution in [2.24, 2.45) is 0 Å². The molecule has 0 aromatic carbocycles. The first kappa shape index (κ1) is 29.8. The molecule has 0 rings (SSSR count). The van der Waals surface area contributed by atoms with E-state index in [-0.39, 0.29) is 19.8 Å². The van der Waals surface area contributed by atoms with E-state index in [0.717, 1.165) is 0 Å². The van der Waals surface area contributed by atoms with E-state index >= 15 is 0 Å². The predicted molar refractivity (Wildman–Crippen MR) is 111 cm³/mol. The van der Waals surface area contributed by atoms with Gasteiger partial charge >= 0.3 is 7.82 Å². The zero-order valence-corrected chi connectivity index (χ0v) is 19.8. The molecule has 12 heteroatoms. The molecule has 0 aliphatic heterocycles. The maximum absolute atomic E-state index is 11.7. The number of ether oxygens (including phenoxy) is 6. The van der Waals surface area contributed by atoms with E-state index < -0.39 is 7.82 Å². The van der Waals surface area contributed by atoms with Crippen LogP contribution in [-0.2, 0) is 42.0 Å². The van der Waals surface area contributed by atoms with Crippen LogP contribution in [0.25, 0.3) is 0 Å². The minimum absolute atomic E-state index is 0.0291. The number of phosphoric ester groups is 1. The molecule has 0 aliphatic rings. The molecule has 0 fully saturated rings. The summed E-state index contributed by atoms with van der Waals surface area (Å²) < 4.78 is 53.5. The third kappa shape index (κ3) is 24.1. The van der Waals surface area contributed by atoms with Gasteiger partial charge in [-0.2, -0.15) is 0 Å². The van der Waals surface area contributed by atoms with E-state index in [4.69, 9.17) is 37.5 Å². The fourth-order valence-electron chi connectivity index (χ4n) is 1.80. The number of likely N-dealkylation sites (N-methyl/N-ethyl adjacent to an activating group) is 1. The maximum atomic E-state index is 11.7. The highest BCUT2D eigenvalue weighted by Gasteiger charge is 2.22. The van der Waals surface area contributed by atoms with Gasteiger partial charge in [0.1, 0.15) is 13.2 Å². The summed E-state index contributed by atoms with van der Waals surface area (Å²) in [4.78, 5) is 9.54. The van der Waals surface area contributed by atoms with Crippen molar-refractivity contribution >= 4 is 7.82 Å². The summed E-state index contributed by atoms with van der Waals surface area (Å²) in [6, 6.07) is 0. The van der Waals surface area contributed by atoms with Gasteiger partial charge < -0.3 is 37.8 Å². The first-order valence-electron chi connectivity index (χ1n) is 10.1. The maximum Gasteiger partial charge on any atom is 0.472 e. The van der Waals surface area contributed by atoms with Crippen LogP contribution in [0.4, 0.5) is 0 Å². The molecule has 1 unspecified atom stereocenters. The third-order valence-corrected chi connectivity index (χ3v) is 4.44. The van der Waals surface area contributed by atoms with Crippen LogP contribution in [0.15, 0.2) is 0 Å². The van der Waals surface area contributed by atoms with Crippen LogP contribution in [0, 0.1) is 0 Å². The van der Waals surface area contributed by atoms with Gasteiger partial charge in [-0.1, -0.05) is 0 Å². The second kappa shape index (κ2) is 19.5. The number of methoxy groups -OCH3 is 1. The molecule has 11 nitrogen and oxygen atoms in total. The van der Waals surface area contributed by atoms with Crippen LogP contribution in [0.3, 0.4) is 0 Å². The van der Waals surface area contributed by atoms with E-state index in [2.05, 4.69) is 0 Å². The zero-order valence-electron chi connectivity index (χ0n) is 18.9. The van der Waals surface area contributed by atoms with Gasteiger partial charge in [-0.25, -0.2) is 4.57 Å². The van der Waals surface area contributed by atoms with Crippen molar-refractivity contribution in [1.29, 1.82) is 0 Å². The topological polar surface area (TPSA) is 111 Å². The molecule has 0 saturated heterocycles. The van der Waals surface area contributed by atoms with Crippen molar-refractivity contribution in [2.45, 2.75) is 0 Å². The Balaban J connectivity index is 3.26. The molecule has 0 heterocycles. The van der Waals surface area contributed by atoms with Crippen molar-refractivity contribution in [3.63, 3.8) is 0 Å². The van der Waals surface area contributed by atoms with Gasteiger partial charge in [-0.15, -0.1) is 0 Å². The Morgan fingerprint density at radius 3 is 1.30 bits per heavy atom. The number of hydrogen-bond donors (Lipinski definition) is 1. The highest BCUT2D eigenvalue weighted by molar-refractivity contribution is 7.47. The molecule has 1 atom stereocenters. The van der Waals surface area contributed by atoms with Gasteiger partial charge in [0, 0.05) is 7.11 Å². The molecule has 0 bridgehead atoms. The first-order chi connectivity index (χ1) is 14.3. The van der Waals surface area contributed by atoms with Crippen LogP contribution in [0.2, 0.25) is 0 Å². The molecular formula is C18H41NO10P+. The highest BCUT2D eigenvalue weighted by atomic mass is 31.2.